The van der Waals surface area contributed by atoms with E-state index in [-0.39, 0.29) is 12.0 Å². The van der Waals surface area contributed by atoms with Gasteiger partial charge in [-0.05, 0) is 25.0 Å². The molecule has 2 atom stereocenters. The molecule has 3 nitrogen and oxygen atoms in total. The van der Waals surface area contributed by atoms with Gasteiger partial charge in [-0.2, -0.15) is 5.26 Å². The molecule has 0 amide bonds. The van der Waals surface area contributed by atoms with Gasteiger partial charge < -0.3 is 10.1 Å². The molecule has 1 fully saturated rings. The monoisotopic (exact) mass is 244 g/mol. The summed E-state index contributed by atoms with van der Waals surface area (Å²) < 4.78 is 5.22. The third-order valence-electron chi connectivity index (χ3n) is 3.60. The van der Waals surface area contributed by atoms with Gasteiger partial charge in [0, 0.05) is 17.8 Å². The summed E-state index contributed by atoms with van der Waals surface area (Å²) in [5.74, 6) is 0.973. The molecule has 0 bridgehead atoms. The van der Waals surface area contributed by atoms with Crippen molar-refractivity contribution in [3.05, 3.63) is 24.3 Å². The average molecular weight is 244 g/mol. The van der Waals surface area contributed by atoms with Crippen molar-refractivity contribution in [3.8, 4) is 11.8 Å². The minimum absolute atomic E-state index is 0.124. The zero-order valence-electron chi connectivity index (χ0n) is 10.9. The lowest BCUT2D eigenvalue weighted by Crippen LogP contribution is -2.27. The highest BCUT2D eigenvalue weighted by atomic mass is 16.5. The first kappa shape index (κ1) is 12.8. The fourth-order valence-corrected chi connectivity index (χ4v) is 2.56. The van der Waals surface area contributed by atoms with E-state index in [2.05, 4.69) is 11.4 Å². The van der Waals surface area contributed by atoms with Gasteiger partial charge in [0.1, 0.15) is 5.75 Å². The van der Waals surface area contributed by atoms with Crippen LogP contribution >= 0.6 is 0 Å². The Kier molecular flexibility index (Phi) is 4.46. The Labute approximate surface area is 109 Å². The van der Waals surface area contributed by atoms with Gasteiger partial charge in [0.2, 0.25) is 0 Å². The summed E-state index contributed by atoms with van der Waals surface area (Å²) in [4.78, 5) is 0. The van der Waals surface area contributed by atoms with Crippen molar-refractivity contribution in [3.63, 3.8) is 0 Å². The molecule has 0 heterocycles. The first-order valence-electron chi connectivity index (χ1n) is 6.63. The highest BCUT2D eigenvalue weighted by Gasteiger charge is 2.23. The maximum atomic E-state index is 9.25. The summed E-state index contributed by atoms with van der Waals surface area (Å²) in [5.41, 5.74) is 1.04. The molecule has 0 radical (unpaired) electrons. The molecule has 1 aromatic rings. The van der Waals surface area contributed by atoms with Gasteiger partial charge in [-0.25, -0.2) is 0 Å². The summed E-state index contributed by atoms with van der Waals surface area (Å²) in [6.45, 7) is 0. The largest absolute Gasteiger partial charge is 0.497 e. The van der Waals surface area contributed by atoms with Gasteiger partial charge in [-0.1, -0.05) is 25.3 Å². The lowest BCUT2D eigenvalue weighted by molar-refractivity contribution is 0.415. The number of methoxy groups -OCH3 is 1. The molecule has 0 aromatic heterocycles. The van der Waals surface area contributed by atoms with Crippen molar-refractivity contribution in [2.75, 3.05) is 12.4 Å². The molecule has 0 saturated heterocycles. The molecule has 96 valence electrons. The van der Waals surface area contributed by atoms with Crippen LogP contribution in [0.2, 0.25) is 0 Å². The van der Waals surface area contributed by atoms with Crippen molar-refractivity contribution in [1.82, 2.24) is 0 Å². The van der Waals surface area contributed by atoms with Crippen LogP contribution in [-0.4, -0.2) is 13.2 Å². The van der Waals surface area contributed by atoms with Crippen LogP contribution in [0.25, 0.3) is 0 Å². The van der Waals surface area contributed by atoms with E-state index >= 15 is 0 Å². The van der Waals surface area contributed by atoms with E-state index in [0.29, 0.717) is 0 Å². The van der Waals surface area contributed by atoms with Crippen molar-refractivity contribution in [2.24, 2.45) is 5.92 Å². The first-order valence-corrected chi connectivity index (χ1v) is 6.63. The second-order valence-electron chi connectivity index (χ2n) is 4.86. The number of ether oxygens (including phenoxy) is 1. The molecule has 0 spiro atoms. The van der Waals surface area contributed by atoms with Crippen molar-refractivity contribution in [1.29, 1.82) is 5.26 Å². The highest BCUT2D eigenvalue weighted by molar-refractivity contribution is 5.49. The van der Waals surface area contributed by atoms with Crippen molar-refractivity contribution >= 4 is 5.69 Å². The number of anilines is 1. The molecule has 3 heteroatoms. The maximum Gasteiger partial charge on any atom is 0.120 e. The number of nitriles is 1. The first-order chi connectivity index (χ1) is 8.83. The number of hydrogen-bond acceptors (Lipinski definition) is 3. The molecule has 1 N–H and O–H groups in total. The normalized spacial score (nSPS) is 23.8. The minimum Gasteiger partial charge on any atom is -0.497 e. The maximum absolute atomic E-state index is 9.25. The molecule has 2 unspecified atom stereocenters. The third-order valence-corrected chi connectivity index (χ3v) is 3.60. The van der Waals surface area contributed by atoms with E-state index in [1.165, 1.54) is 19.3 Å². The van der Waals surface area contributed by atoms with Crippen LogP contribution in [0.1, 0.15) is 32.1 Å². The number of rotatable bonds is 3. The molecular weight excluding hydrogens is 224 g/mol. The molecular formula is C15H20N2O. The predicted molar refractivity (Wildman–Crippen MR) is 72.6 cm³/mol. The average Bonchev–Trinajstić information content (AvgIpc) is 2.64. The molecule has 1 aliphatic carbocycles. The third kappa shape index (κ3) is 3.16. The highest BCUT2D eigenvalue weighted by Crippen LogP contribution is 2.27. The van der Waals surface area contributed by atoms with E-state index < -0.39 is 0 Å². The van der Waals surface area contributed by atoms with Gasteiger partial charge >= 0.3 is 0 Å². The van der Waals surface area contributed by atoms with E-state index in [4.69, 9.17) is 4.74 Å². The molecule has 1 aromatic carbocycles. The second-order valence-corrected chi connectivity index (χ2v) is 4.86. The topological polar surface area (TPSA) is 45.0 Å². The van der Waals surface area contributed by atoms with Gasteiger partial charge in [0.15, 0.2) is 0 Å². The van der Waals surface area contributed by atoms with Crippen LogP contribution < -0.4 is 10.1 Å². The van der Waals surface area contributed by atoms with Crippen LogP contribution in [0.3, 0.4) is 0 Å². The predicted octanol–water partition coefficient (Wildman–Crippen LogP) is 3.58. The Morgan fingerprint density at radius 2 is 2.11 bits per heavy atom. The summed E-state index contributed by atoms with van der Waals surface area (Å²) in [5, 5.41) is 12.7. The van der Waals surface area contributed by atoms with E-state index in [0.717, 1.165) is 24.3 Å². The van der Waals surface area contributed by atoms with Gasteiger partial charge in [0.05, 0.1) is 19.1 Å². The zero-order valence-corrected chi connectivity index (χ0v) is 10.9. The van der Waals surface area contributed by atoms with E-state index in [1.807, 2.05) is 24.3 Å². The lowest BCUT2D eigenvalue weighted by atomic mass is 9.96. The SMILES string of the molecule is COc1cccc(NC2CCCCCC2C#N)c1. The number of hydrogen-bond donors (Lipinski definition) is 1. The summed E-state index contributed by atoms with van der Waals surface area (Å²) in [7, 11) is 1.67. The Balaban J connectivity index is 2.08. The van der Waals surface area contributed by atoms with Crippen LogP contribution in [0.15, 0.2) is 24.3 Å². The smallest absolute Gasteiger partial charge is 0.120 e. The summed E-state index contributed by atoms with van der Waals surface area (Å²) >= 11 is 0. The van der Waals surface area contributed by atoms with E-state index in [9.17, 15) is 5.26 Å². The van der Waals surface area contributed by atoms with Crippen LogP contribution in [0.5, 0.6) is 5.75 Å². The molecule has 1 aliphatic rings. The quantitative estimate of drug-likeness (QED) is 0.826. The van der Waals surface area contributed by atoms with Gasteiger partial charge in [-0.3, -0.25) is 0 Å². The standard InChI is InChI=1S/C15H20N2O/c1-18-14-8-5-7-13(10-14)17-15-9-4-2-3-6-12(15)11-16/h5,7-8,10,12,15,17H,2-4,6,9H2,1H3. The molecule has 18 heavy (non-hydrogen) atoms. The summed E-state index contributed by atoms with van der Waals surface area (Å²) in [6, 6.07) is 10.6. The zero-order chi connectivity index (χ0) is 12.8. The number of nitrogens with one attached hydrogen (secondary N) is 1. The molecule has 2 rings (SSSR count). The fraction of sp³-hybridized carbons (Fsp3) is 0.533. The minimum atomic E-state index is 0.124. The van der Waals surface area contributed by atoms with Crippen LogP contribution in [0, 0.1) is 17.2 Å². The number of benzene rings is 1. The Morgan fingerprint density at radius 3 is 2.89 bits per heavy atom. The van der Waals surface area contributed by atoms with Gasteiger partial charge in [0.25, 0.3) is 0 Å². The number of nitrogens with zero attached hydrogens (tertiary/aromatic N) is 1. The Morgan fingerprint density at radius 1 is 1.28 bits per heavy atom. The molecule has 0 aliphatic heterocycles. The van der Waals surface area contributed by atoms with Crippen LogP contribution in [0.4, 0.5) is 5.69 Å². The lowest BCUT2D eigenvalue weighted by Gasteiger charge is -2.22. The fourth-order valence-electron chi connectivity index (χ4n) is 2.56. The summed E-state index contributed by atoms with van der Waals surface area (Å²) in [6.07, 6.45) is 5.72. The van der Waals surface area contributed by atoms with Crippen LogP contribution in [-0.2, 0) is 0 Å². The Bertz CT molecular complexity index is 425. The Hall–Kier alpha value is -1.69. The van der Waals surface area contributed by atoms with E-state index in [1.54, 1.807) is 7.11 Å². The van der Waals surface area contributed by atoms with Crippen molar-refractivity contribution < 1.29 is 4.74 Å². The van der Waals surface area contributed by atoms with Crippen molar-refractivity contribution in [2.45, 2.75) is 38.1 Å². The van der Waals surface area contributed by atoms with Gasteiger partial charge in [-0.15, -0.1) is 0 Å². The second kappa shape index (κ2) is 6.30. The molecule has 1 saturated carbocycles.